The largest absolute Gasteiger partial charge is 0.298 e. The van der Waals surface area contributed by atoms with E-state index < -0.39 is 10.0 Å². The van der Waals surface area contributed by atoms with E-state index in [1.807, 2.05) is 0 Å². The van der Waals surface area contributed by atoms with E-state index in [0.29, 0.717) is 24.7 Å². The lowest BCUT2D eigenvalue weighted by atomic mass is 10.2. The summed E-state index contributed by atoms with van der Waals surface area (Å²) in [7, 11) is -3.54. The maximum Gasteiger partial charge on any atom is 0.262 e. The fourth-order valence-corrected chi connectivity index (χ4v) is 5.14. The van der Waals surface area contributed by atoms with Gasteiger partial charge in [-0.2, -0.15) is 9.40 Å². The van der Waals surface area contributed by atoms with Gasteiger partial charge in [0.15, 0.2) is 5.03 Å². The highest BCUT2D eigenvalue weighted by Crippen LogP contribution is 2.27. The molecule has 0 saturated carbocycles. The minimum atomic E-state index is -3.54. The van der Waals surface area contributed by atoms with Crippen molar-refractivity contribution in [3.8, 4) is 0 Å². The molecule has 1 atom stereocenters. The first-order valence-electron chi connectivity index (χ1n) is 6.88. The Hall–Kier alpha value is -0.630. The summed E-state index contributed by atoms with van der Waals surface area (Å²) in [6, 6.07) is 0.359. The number of piperazine rings is 1. The molecule has 1 aromatic heterocycles. The monoisotopic (exact) mass is 318 g/mol. The number of rotatable bonds is 3. The molecule has 0 amide bonds. The Bertz CT molecular complexity index is 601. The lowest BCUT2D eigenvalue weighted by Crippen LogP contribution is -2.52. The second-order valence-corrected chi connectivity index (χ2v) is 7.58. The number of sulfonamides is 1. The van der Waals surface area contributed by atoms with Crippen molar-refractivity contribution in [3.05, 3.63) is 11.3 Å². The van der Waals surface area contributed by atoms with Gasteiger partial charge in [0.2, 0.25) is 0 Å². The highest BCUT2D eigenvalue weighted by atomic mass is 35.5. The number of hydrogen-bond acceptors (Lipinski definition) is 4. The zero-order chi connectivity index (χ0) is 14.3. The van der Waals surface area contributed by atoms with Crippen molar-refractivity contribution in [3.63, 3.8) is 0 Å². The van der Waals surface area contributed by atoms with Crippen LogP contribution in [0.4, 0.5) is 0 Å². The van der Waals surface area contributed by atoms with Crippen LogP contribution in [0.15, 0.2) is 5.03 Å². The molecule has 20 heavy (non-hydrogen) atoms. The SMILES string of the molecule is Cc1[nH]nc(S(=O)(=O)N2CCN3CCCC3C2)c1CCl. The minimum absolute atomic E-state index is 0.0939. The Morgan fingerprint density at radius 1 is 1.40 bits per heavy atom. The van der Waals surface area contributed by atoms with E-state index in [4.69, 9.17) is 11.6 Å². The van der Waals surface area contributed by atoms with Crippen LogP contribution in [-0.2, 0) is 15.9 Å². The number of aryl methyl sites for hydroxylation is 1. The molecule has 0 bridgehead atoms. The van der Waals surface area contributed by atoms with Crippen LogP contribution in [-0.4, -0.2) is 60.0 Å². The standard InChI is InChI=1S/C12H19ClN4O2S/c1-9-11(7-13)12(15-14-9)20(18,19)17-6-5-16-4-2-3-10(16)8-17/h10H,2-8H2,1H3,(H,14,15). The molecular weight excluding hydrogens is 300 g/mol. The second-order valence-electron chi connectivity index (χ2n) is 5.46. The Labute approximate surface area is 124 Å². The quantitative estimate of drug-likeness (QED) is 0.842. The van der Waals surface area contributed by atoms with E-state index in [2.05, 4.69) is 15.1 Å². The predicted octanol–water partition coefficient (Wildman–Crippen LogP) is 0.926. The van der Waals surface area contributed by atoms with Gasteiger partial charge in [-0.25, -0.2) is 8.42 Å². The molecular formula is C12H19ClN4O2S. The highest BCUT2D eigenvalue weighted by molar-refractivity contribution is 7.89. The summed E-state index contributed by atoms with van der Waals surface area (Å²) < 4.78 is 27.0. The van der Waals surface area contributed by atoms with Gasteiger partial charge < -0.3 is 0 Å². The number of alkyl halides is 1. The number of fused-ring (bicyclic) bond motifs is 1. The molecule has 0 aliphatic carbocycles. The summed E-state index contributed by atoms with van der Waals surface area (Å²) in [5.41, 5.74) is 1.30. The lowest BCUT2D eigenvalue weighted by molar-refractivity contribution is 0.158. The molecule has 6 nitrogen and oxygen atoms in total. The third-order valence-corrected chi connectivity index (χ3v) is 6.41. The summed E-state index contributed by atoms with van der Waals surface area (Å²) >= 11 is 5.86. The zero-order valence-electron chi connectivity index (χ0n) is 11.5. The molecule has 2 saturated heterocycles. The summed E-state index contributed by atoms with van der Waals surface area (Å²) in [6.45, 7) is 4.79. The molecule has 1 unspecified atom stereocenters. The first-order chi connectivity index (χ1) is 9.54. The first kappa shape index (κ1) is 14.3. The second kappa shape index (κ2) is 5.29. The van der Waals surface area contributed by atoms with Gasteiger partial charge in [0.25, 0.3) is 10.0 Å². The topological polar surface area (TPSA) is 69.3 Å². The molecule has 0 aromatic carbocycles. The molecule has 3 rings (SSSR count). The molecule has 8 heteroatoms. The zero-order valence-corrected chi connectivity index (χ0v) is 13.0. The average molecular weight is 319 g/mol. The van der Waals surface area contributed by atoms with Crippen molar-refractivity contribution >= 4 is 21.6 Å². The third kappa shape index (κ3) is 2.26. The Morgan fingerprint density at radius 3 is 2.95 bits per heavy atom. The van der Waals surface area contributed by atoms with Gasteiger partial charge in [0, 0.05) is 36.9 Å². The normalized spacial score (nSPS) is 25.0. The van der Waals surface area contributed by atoms with E-state index in [1.165, 1.54) is 0 Å². The van der Waals surface area contributed by atoms with Crippen molar-refractivity contribution in [2.75, 3.05) is 26.2 Å². The number of H-pyrrole nitrogens is 1. The van der Waals surface area contributed by atoms with E-state index >= 15 is 0 Å². The fourth-order valence-electron chi connectivity index (χ4n) is 3.10. The fraction of sp³-hybridized carbons (Fsp3) is 0.750. The van der Waals surface area contributed by atoms with Gasteiger partial charge >= 0.3 is 0 Å². The number of aromatic nitrogens is 2. The van der Waals surface area contributed by atoms with Crippen LogP contribution in [0.2, 0.25) is 0 Å². The van der Waals surface area contributed by atoms with Crippen molar-refractivity contribution in [2.24, 2.45) is 0 Å². The van der Waals surface area contributed by atoms with E-state index in [0.717, 1.165) is 31.6 Å². The van der Waals surface area contributed by atoms with Crippen LogP contribution in [0.25, 0.3) is 0 Å². The highest BCUT2D eigenvalue weighted by Gasteiger charge is 2.38. The van der Waals surface area contributed by atoms with E-state index in [1.54, 1.807) is 11.2 Å². The van der Waals surface area contributed by atoms with Gasteiger partial charge in [-0.15, -0.1) is 11.6 Å². The molecule has 1 N–H and O–H groups in total. The number of halogens is 1. The van der Waals surface area contributed by atoms with Crippen molar-refractivity contribution in [1.29, 1.82) is 0 Å². The van der Waals surface area contributed by atoms with Crippen LogP contribution in [0.3, 0.4) is 0 Å². The molecule has 112 valence electrons. The summed E-state index contributed by atoms with van der Waals surface area (Å²) in [5.74, 6) is 0.153. The third-order valence-electron chi connectivity index (χ3n) is 4.30. The smallest absolute Gasteiger partial charge is 0.262 e. The van der Waals surface area contributed by atoms with Gasteiger partial charge in [0.05, 0.1) is 5.88 Å². The van der Waals surface area contributed by atoms with Crippen molar-refractivity contribution in [2.45, 2.75) is 36.7 Å². The lowest BCUT2D eigenvalue weighted by Gasteiger charge is -2.36. The molecule has 2 fully saturated rings. The number of nitrogens with zero attached hydrogens (tertiary/aromatic N) is 3. The molecule has 3 heterocycles. The number of aromatic amines is 1. The van der Waals surface area contributed by atoms with Crippen molar-refractivity contribution < 1.29 is 8.42 Å². The molecule has 1 aromatic rings. The van der Waals surface area contributed by atoms with E-state index in [-0.39, 0.29) is 10.9 Å². The number of nitrogens with one attached hydrogen (secondary N) is 1. The Morgan fingerprint density at radius 2 is 2.20 bits per heavy atom. The van der Waals surface area contributed by atoms with Crippen molar-refractivity contribution in [1.82, 2.24) is 19.4 Å². The van der Waals surface area contributed by atoms with Crippen LogP contribution in [0.1, 0.15) is 24.1 Å². The average Bonchev–Trinajstić information content (AvgIpc) is 3.03. The van der Waals surface area contributed by atoms with Crippen LogP contribution >= 0.6 is 11.6 Å². The molecule has 0 spiro atoms. The summed E-state index contributed by atoms with van der Waals surface area (Å²) in [5, 5.41) is 6.79. The van der Waals surface area contributed by atoms with Gasteiger partial charge in [-0.05, 0) is 26.3 Å². The van der Waals surface area contributed by atoms with Gasteiger partial charge in [0.1, 0.15) is 0 Å². The Kier molecular flexibility index (Phi) is 3.79. The Balaban J connectivity index is 1.88. The van der Waals surface area contributed by atoms with Gasteiger partial charge in [-0.1, -0.05) is 0 Å². The minimum Gasteiger partial charge on any atom is -0.298 e. The first-order valence-corrected chi connectivity index (χ1v) is 8.85. The molecule has 0 radical (unpaired) electrons. The summed E-state index contributed by atoms with van der Waals surface area (Å²) in [6.07, 6.45) is 2.24. The molecule has 2 aliphatic heterocycles. The van der Waals surface area contributed by atoms with Crippen LogP contribution in [0, 0.1) is 6.92 Å². The maximum absolute atomic E-state index is 12.7. The van der Waals surface area contributed by atoms with E-state index in [9.17, 15) is 8.42 Å². The maximum atomic E-state index is 12.7. The summed E-state index contributed by atoms with van der Waals surface area (Å²) in [4.78, 5) is 2.38. The van der Waals surface area contributed by atoms with Crippen LogP contribution < -0.4 is 0 Å². The van der Waals surface area contributed by atoms with Gasteiger partial charge in [-0.3, -0.25) is 10.00 Å². The molecule has 2 aliphatic rings. The van der Waals surface area contributed by atoms with Crippen LogP contribution in [0.5, 0.6) is 0 Å². The predicted molar refractivity (Wildman–Crippen MR) is 76.2 cm³/mol. The number of hydrogen-bond donors (Lipinski definition) is 1.